The summed E-state index contributed by atoms with van der Waals surface area (Å²) in [5, 5.41) is 13.9. The predicted molar refractivity (Wildman–Crippen MR) is 30.9 cm³/mol. The van der Waals surface area contributed by atoms with Crippen molar-refractivity contribution in [1.29, 1.82) is 5.41 Å². The quantitative estimate of drug-likeness (QED) is 0.526. The van der Waals surface area contributed by atoms with Crippen molar-refractivity contribution in [1.82, 2.24) is 0 Å². The summed E-state index contributed by atoms with van der Waals surface area (Å²) in [5.41, 5.74) is 0. The standard InChI is InChI=1S/C3H3N3OS/c4-2-1-3(8-7)6-5-2/h1,4,7H. The van der Waals surface area contributed by atoms with Crippen LogP contribution in [0.3, 0.4) is 0 Å². The van der Waals surface area contributed by atoms with Crippen LogP contribution in [0.15, 0.2) is 21.3 Å². The van der Waals surface area contributed by atoms with Gasteiger partial charge < -0.3 is 4.55 Å². The smallest absolute Gasteiger partial charge is 0.169 e. The second kappa shape index (κ2) is 2.06. The summed E-state index contributed by atoms with van der Waals surface area (Å²) in [5.74, 6) is 0.0848. The monoisotopic (exact) mass is 129 g/mol. The third-order valence-electron chi connectivity index (χ3n) is 0.610. The Kier molecular flexibility index (Phi) is 1.40. The predicted octanol–water partition coefficient (Wildman–Crippen LogP) is 1.48. The Bertz CT molecular complexity index is 173. The molecule has 0 aromatic carbocycles. The van der Waals surface area contributed by atoms with Crippen molar-refractivity contribution in [2.75, 3.05) is 0 Å². The fourth-order valence-electron chi connectivity index (χ4n) is 0.322. The number of hydrogen-bond acceptors (Lipinski definition) is 4. The highest BCUT2D eigenvalue weighted by atomic mass is 32.2. The zero-order chi connectivity index (χ0) is 5.98. The first-order chi connectivity index (χ1) is 3.83. The number of hydrogen-bond donors (Lipinski definition) is 2. The maximum Gasteiger partial charge on any atom is 0.169 e. The van der Waals surface area contributed by atoms with Gasteiger partial charge in [-0.3, -0.25) is 5.41 Å². The van der Waals surface area contributed by atoms with Gasteiger partial charge >= 0.3 is 0 Å². The van der Waals surface area contributed by atoms with E-state index >= 15 is 0 Å². The van der Waals surface area contributed by atoms with Crippen LogP contribution in [0.5, 0.6) is 0 Å². The van der Waals surface area contributed by atoms with Gasteiger partial charge in [-0.05, 0) is 0 Å². The van der Waals surface area contributed by atoms with Gasteiger partial charge in [0.1, 0.15) is 5.03 Å². The average Bonchev–Trinajstić information content (AvgIpc) is 2.14. The van der Waals surface area contributed by atoms with Crippen molar-refractivity contribution in [3.8, 4) is 0 Å². The molecule has 4 nitrogen and oxygen atoms in total. The van der Waals surface area contributed by atoms with E-state index in [1.54, 1.807) is 0 Å². The van der Waals surface area contributed by atoms with Crippen molar-refractivity contribution in [2.45, 2.75) is 0 Å². The van der Waals surface area contributed by atoms with Gasteiger partial charge in [-0.25, -0.2) is 0 Å². The van der Waals surface area contributed by atoms with E-state index < -0.39 is 0 Å². The lowest BCUT2D eigenvalue weighted by atomic mass is 10.6. The van der Waals surface area contributed by atoms with Crippen LogP contribution in [0.4, 0.5) is 0 Å². The molecule has 0 aromatic heterocycles. The van der Waals surface area contributed by atoms with Crippen LogP contribution in [0.1, 0.15) is 0 Å². The number of amidine groups is 1. The topological polar surface area (TPSA) is 68.8 Å². The van der Waals surface area contributed by atoms with Gasteiger partial charge in [0.25, 0.3) is 0 Å². The maximum absolute atomic E-state index is 8.28. The molecule has 1 heterocycles. The molecule has 0 fully saturated rings. The third-order valence-corrected chi connectivity index (χ3v) is 0.997. The summed E-state index contributed by atoms with van der Waals surface area (Å²) in [4.78, 5) is 0. The Labute approximate surface area is 50.0 Å². The molecule has 42 valence electrons. The van der Waals surface area contributed by atoms with Gasteiger partial charge in [0, 0.05) is 18.1 Å². The van der Waals surface area contributed by atoms with Gasteiger partial charge in [0.15, 0.2) is 5.84 Å². The summed E-state index contributed by atoms with van der Waals surface area (Å²) < 4.78 is 8.28. The fourth-order valence-corrected chi connectivity index (χ4v) is 0.564. The molecular weight excluding hydrogens is 126 g/mol. The highest BCUT2D eigenvalue weighted by Crippen LogP contribution is 2.17. The summed E-state index contributed by atoms with van der Waals surface area (Å²) in [6, 6.07) is 0. The SMILES string of the molecule is N=C1C=C(SO)N=N1. The number of rotatable bonds is 1. The van der Waals surface area contributed by atoms with Crippen LogP contribution < -0.4 is 0 Å². The Morgan fingerprint density at radius 3 is 2.62 bits per heavy atom. The lowest BCUT2D eigenvalue weighted by Crippen LogP contribution is -1.74. The zero-order valence-corrected chi connectivity index (χ0v) is 4.64. The van der Waals surface area contributed by atoms with Crippen molar-refractivity contribution < 1.29 is 4.55 Å². The van der Waals surface area contributed by atoms with Gasteiger partial charge in [0.2, 0.25) is 0 Å². The second-order valence-corrected chi connectivity index (χ2v) is 1.76. The Hall–Kier alpha value is -0.680. The van der Waals surface area contributed by atoms with Crippen LogP contribution in [-0.4, -0.2) is 10.4 Å². The first-order valence-electron chi connectivity index (χ1n) is 1.86. The van der Waals surface area contributed by atoms with Crippen LogP contribution in [-0.2, 0) is 0 Å². The van der Waals surface area contributed by atoms with E-state index in [2.05, 4.69) is 10.2 Å². The van der Waals surface area contributed by atoms with Crippen molar-refractivity contribution in [2.24, 2.45) is 10.2 Å². The molecule has 0 aromatic rings. The number of nitrogens with one attached hydrogen (secondary N) is 1. The Morgan fingerprint density at radius 1 is 1.62 bits per heavy atom. The normalized spacial score (nSPS) is 17.1. The molecule has 0 amide bonds. The molecule has 2 N–H and O–H groups in total. The molecule has 1 rings (SSSR count). The van der Waals surface area contributed by atoms with E-state index in [1.165, 1.54) is 6.08 Å². The molecule has 0 unspecified atom stereocenters. The minimum atomic E-state index is 0.0848. The number of azo groups is 1. The molecule has 0 saturated carbocycles. The lowest BCUT2D eigenvalue weighted by Gasteiger charge is -1.78. The lowest BCUT2D eigenvalue weighted by molar-refractivity contribution is 0.668. The molecule has 1 aliphatic heterocycles. The molecule has 0 spiro atoms. The minimum Gasteiger partial charge on any atom is -0.324 e. The third kappa shape index (κ3) is 0.932. The van der Waals surface area contributed by atoms with E-state index in [9.17, 15) is 0 Å². The molecule has 0 bridgehead atoms. The largest absolute Gasteiger partial charge is 0.324 e. The van der Waals surface area contributed by atoms with E-state index in [1.807, 2.05) is 0 Å². The highest BCUT2D eigenvalue weighted by molar-refractivity contribution is 7.97. The van der Waals surface area contributed by atoms with E-state index in [-0.39, 0.29) is 5.84 Å². The first kappa shape index (κ1) is 5.46. The summed E-state index contributed by atoms with van der Waals surface area (Å²) in [6.07, 6.45) is 1.38. The van der Waals surface area contributed by atoms with Gasteiger partial charge in [0.05, 0.1) is 0 Å². The zero-order valence-electron chi connectivity index (χ0n) is 3.83. The van der Waals surface area contributed by atoms with Crippen molar-refractivity contribution in [3.63, 3.8) is 0 Å². The maximum atomic E-state index is 8.28. The summed E-state index contributed by atoms with van der Waals surface area (Å²) in [7, 11) is 0. The van der Waals surface area contributed by atoms with Crippen LogP contribution >= 0.6 is 12.0 Å². The van der Waals surface area contributed by atoms with E-state index in [4.69, 9.17) is 9.96 Å². The molecule has 0 atom stereocenters. The van der Waals surface area contributed by atoms with Gasteiger partial charge in [-0.1, -0.05) is 0 Å². The molecule has 5 heteroatoms. The van der Waals surface area contributed by atoms with Crippen LogP contribution in [0.2, 0.25) is 0 Å². The van der Waals surface area contributed by atoms with Gasteiger partial charge in [-0.2, -0.15) is 0 Å². The highest BCUT2D eigenvalue weighted by Gasteiger charge is 2.02. The molecule has 0 aliphatic carbocycles. The Morgan fingerprint density at radius 2 is 2.38 bits per heavy atom. The molecule has 0 saturated heterocycles. The van der Waals surface area contributed by atoms with Crippen LogP contribution in [0.25, 0.3) is 0 Å². The Balaban J connectivity index is 2.72. The summed E-state index contributed by atoms with van der Waals surface area (Å²) >= 11 is 0.496. The average molecular weight is 129 g/mol. The first-order valence-corrected chi connectivity index (χ1v) is 2.63. The number of nitrogens with zero attached hydrogens (tertiary/aromatic N) is 2. The van der Waals surface area contributed by atoms with Crippen molar-refractivity contribution >= 4 is 17.9 Å². The van der Waals surface area contributed by atoms with Gasteiger partial charge in [-0.15, -0.1) is 10.2 Å². The fraction of sp³-hybridized carbons (Fsp3) is 0. The molecule has 8 heavy (non-hydrogen) atoms. The van der Waals surface area contributed by atoms with Crippen molar-refractivity contribution in [3.05, 3.63) is 11.1 Å². The minimum absolute atomic E-state index is 0.0848. The molecule has 1 aliphatic rings. The van der Waals surface area contributed by atoms with E-state index in [0.29, 0.717) is 17.1 Å². The molecule has 0 radical (unpaired) electrons. The second-order valence-electron chi connectivity index (χ2n) is 1.16. The summed E-state index contributed by atoms with van der Waals surface area (Å²) in [6.45, 7) is 0. The molecular formula is C3H3N3OS. The van der Waals surface area contributed by atoms with Crippen LogP contribution in [0, 0.1) is 5.41 Å². The van der Waals surface area contributed by atoms with E-state index in [0.717, 1.165) is 0 Å².